The zero-order chi connectivity index (χ0) is 15.2. The number of nitriles is 1. The van der Waals surface area contributed by atoms with Crippen molar-refractivity contribution in [1.82, 2.24) is 0 Å². The van der Waals surface area contributed by atoms with Crippen LogP contribution in [-0.4, -0.2) is 7.11 Å². The van der Waals surface area contributed by atoms with Crippen molar-refractivity contribution < 1.29 is 4.74 Å². The van der Waals surface area contributed by atoms with Crippen molar-refractivity contribution in [3.63, 3.8) is 0 Å². The van der Waals surface area contributed by atoms with Crippen LogP contribution >= 0.6 is 0 Å². The van der Waals surface area contributed by atoms with Gasteiger partial charge in [-0.15, -0.1) is 0 Å². The molecule has 0 amide bonds. The minimum absolute atomic E-state index is 0.377. The largest absolute Gasteiger partial charge is 0.497 e. The summed E-state index contributed by atoms with van der Waals surface area (Å²) in [6, 6.07) is 17.7. The molecule has 0 radical (unpaired) electrons. The van der Waals surface area contributed by atoms with Gasteiger partial charge >= 0.3 is 0 Å². The van der Waals surface area contributed by atoms with E-state index in [9.17, 15) is 5.26 Å². The highest BCUT2D eigenvalue weighted by atomic mass is 16.5. The molecule has 1 N–H and O–H groups in total. The van der Waals surface area contributed by atoms with Gasteiger partial charge in [0.05, 0.1) is 13.2 Å². The van der Waals surface area contributed by atoms with Gasteiger partial charge in [0.1, 0.15) is 11.8 Å². The lowest BCUT2D eigenvalue weighted by atomic mass is 9.99. The van der Waals surface area contributed by atoms with Gasteiger partial charge in [-0.05, 0) is 29.2 Å². The maximum atomic E-state index is 9.40. The SMILES string of the molecule is COc1cccc(NC(C#N)c2ccc(C(C)C)cc2)c1. The Morgan fingerprint density at radius 3 is 2.29 bits per heavy atom. The van der Waals surface area contributed by atoms with Crippen LogP contribution in [0.15, 0.2) is 48.5 Å². The van der Waals surface area contributed by atoms with E-state index < -0.39 is 0 Å². The van der Waals surface area contributed by atoms with E-state index >= 15 is 0 Å². The van der Waals surface area contributed by atoms with Crippen molar-refractivity contribution in [1.29, 1.82) is 5.26 Å². The smallest absolute Gasteiger partial charge is 0.140 e. The number of ether oxygens (including phenoxy) is 1. The highest BCUT2D eigenvalue weighted by molar-refractivity contribution is 5.51. The van der Waals surface area contributed by atoms with E-state index in [0.29, 0.717) is 5.92 Å². The standard InChI is InChI=1S/C18H20N2O/c1-13(2)14-7-9-15(10-8-14)18(12-19)20-16-5-4-6-17(11-16)21-3/h4-11,13,18,20H,1-3H3. The van der Waals surface area contributed by atoms with Crippen molar-refractivity contribution in [3.8, 4) is 11.8 Å². The summed E-state index contributed by atoms with van der Waals surface area (Å²) in [5, 5.41) is 12.6. The fourth-order valence-corrected chi connectivity index (χ4v) is 2.14. The summed E-state index contributed by atoms with van der Waals surface area (Å²) in [6.45, 7) is 4.32. The molecule has 2 rings (SSSR count). The van der Waals surface area contributed by atoms with Crippen LogP contribution in [0.2, 0.25) is 0 Å². The zero-order valence-corrected chi connectivity index (χ0v) is 12.6. The molecule has 0 aliphatic carbocycles. The van der Waals surface area contributed by atoms with Crippen LogP contribution in [0.25, 0.3) is 0 Å². The molecule has 2 aromatic rings. The monoisotopic (exact) mass is 280 g/mol. The minimum Gasteiger partial charge on any atom is -0.497 e. The van der Waals surface area contributed by atoms with Gasteiger partial charge < -0.3 is 10.1 Å². The maximum absolute atomic E-state index is 9.40. The molecular weight excluding hydrogens is 260 g/mol. The lowest BCUT2D eigenvalue weighted by Gasteiger charge is -2.15. The molecule has 1 atom stereocenters. The number of rotatable bonds is 5. The summed E-state index contributed by atoms with van der Waals surface area (Å²) >= 11 is 0. The van der Waals surface area contributed by atoms with E-state index in [2.05, 4.69) is 37.4 Å². The number of hydrogen-bond donors (Lipinski definition) is 1. The van der Waals surface area contributed by atoms with Gasteiger partial charge in [-0.2, -0.15) is 5.26 Å². The van der Waals surface area contributed by atoms with Crippen molar-refractivity contribution in [3.05, 3.63) is 59.7 Å². The molecule has 0 spiro atoms. The first-order chi connectivity index (χ1) is 10.1. The predicted octanol–water partition coefficient (Wildman–Crippen LogP) is 4.50. The third kappa shape index (κ3) is 3.76. The molecule has 0 bridgehead atoms. The van der Waals surface area contributed by atoms with E-state index in [-0.39, 0.29) is 6.04 Å². The van der Waals surface area contributed by atoms with E-state index in [1.807, 2.05) is 36.4 Å². The summed E-state index contributed by atoms with van der Waals surface area (Å²) in [7, 11) is 1.63. The second-order valence-electron chi connectivity index (χ2n) is 5.26. The van der Waals surface area contributed by atoms with E-state index in [1.54, 1.807) is 7.11 Å². The van der Waals surface area contributed by atoms with Crippen LogP contribution in [0.1, 0.15) is 36.9 Å². The summed E-state index contributed by atoms with van der Waals surface area (Å²) in [5.74, 6) is 1.26. The van der Waals surface area contributed by atoms with E-state index in [1.165, 1.54) is 5.56 Å². The van der Waals surface area contributed by atoms with Gasteiger partial charge in [-0.1, -0.05) is 44.2 Å². The Bertz CT molecular complexity index is 626. The number of hydrogen-bond acceptors (Lipinski definition) is 3. The predicted molar refractivity (Wildman–Crippen MR) is 85.5 cm³/mol. The molecule has 0 heterocycles. The fraction of sp³-hybridized carbons (Fsp3) is 0.278. The second kappa shape index (κ2) is 6.81. The highest BCUT2D eigenvalue weighted by Crippen LogP contribution is 2.24. The van der Waals surface area contributed by atoms with Crippen LogP contribution < -0.4 is 10.1 Å². The van der Waals surface area contributed by atoms with E-state index in [4.69, 9.17) is 4.74 Å². The molecule has 3 heteroatoms. The molecule has 2 aromatic carbocycles. The van der Waals surface area contributed by atoms with Gasteiger partial charge in [0.15, 0.2) is 0 Å². The lowest BCUT2D eigenvalue weighted by Crippen LogP contribution is -2.08. The lowest BCUT2D eigenvalue weighted by molar-refractivity contribution is 0.415. The number of nitrogens with one attached hydrogen (secondary N) is 1. The molecule has 3 nitrogen and oxygen atoms in total. The average molecular weight is 280 g/mol. The molecule has 0 aromatic heterocycles. The van der Waals surface area contributed by atoms with Crippen molar-refractivity contribution in [2.24, 2.45) is 0 Å². The molecule has 0 fully saturated rings. The average Bonchev–Trinajstić information content (AvgIpc) is 2.53. The first-order valence-electron chi connectivity index (χ1n) is 7.04. The van der Waals surface area contributed by atoms with Crippen LogP contribution in [0.3, 0.4) is 0 Å². The number of methoxy groups -OCH3 is 1. The number of anilines is 1. The van der Waals surface area contributed by atoms with Crippen molar-refractivity contribution in [2.45, 2.75) is 25.8 Å². The topological polar surface area (TPSA) is 45.0 Å². The van der Waals surface area contributed by atoms with Gasteiger partial charge in [-0.25, -0.2) is 0 Å². The van der Waals surface area contributed by atoms with Crippen LogP contribution in [0.4, 0.5) is 5.69 Å². The molecule has 21 heavy (non-hydrogen) atoms. The van der Waals surface area contributed by atoms with Crippen LogP contribution in [-0.2, 0) is 0 Å². The van der Waals surface area contributed by atoms with Crippen LogP contribution in [0, 0.1) is 11.3 Å². The second-order valence-corrected chi connectivity index (χ2v) is 5.26. The Morgan fingerprint density at radius 1 is 1.05 bits per heavy atom. The van der Waals surface area contributed by atoms with Crippen molar-refractivity contribution >= 4 is 5.69 Å². The summed E-state index contributed by atoms with van der Waals surface area (Å²) in [5.41, 5.74) is 3.11. The highest BCUT2D eigenvalue weighted by Gasteiger charge is 2.11. The first kappa shape index (κ1) is 14.9. The van der Waals surface area contributed by atoms with E-state index in [0.717, 1.165) is 17.0 Å². The van der Waals surface area contributed by atoms with Gasteiger partial charge in [0.25, 0.3) is 0 Å². The number of nitrogens with zero attached hydrogens (tertiary/aromatic N) is 1. The molecule has 0 aliphatic rings. The molecule has 0 aliphatic heterocycles. The molecule has 108 valence electrons. The Labute approximate surface area is 126 Å². The van der Waals surface area contributed by atoms with Crippen molar-refractivity contribution in [2.75, 3.05) is 12.4 Å². The normalized spacial score (nSPS) is 11.8. The first-order valence-corrected chi connectivity index (χ1v) is 7.04. The Morgan fingerprint density at radius 2 is 1.71 bits per heavy atom. The Balaban J connectivity index is 2.17. The molecule has 0 saturated heterocycles. The van der Waals surface area contributed by atoms with Gasteiger partial charge in [0.2, 0.25) is 0 Å². The fourth-order valence-electron chi connectivity index (χ4n) is 2.14. The number of benzene rings is 2. The summed E-state index contributed by atoms with van der Waals surface area (Å²) in [6.07, 6.45) is 0. The Hall–Kier alpha value is -2.47. The molecular formula is C18H20N2O. The van der Waals surface area contributed by atoms with Crippen LogP contribution in [0.5, 0.6) is 5.75 Å². The molecule has 0 saturated carbocycles. The Kier molecular flexibility index (Phi) is 4.84. The van der Waals surface area contributed by atoms with Gasteiger partial charge in [0, 0.05) is 11.8 Å². The van der Waals surface area contributed by atoms with Gasteiger partial charge in [-0.3, -0.25) is 0 Å². The summed E-state index contributed by atoms with van der Waals surface area (Å²) < 4.78 is 5.19. The summed E-state index contributed by atoms with van der Waals surface area (Å²) in [4.78, 5) is 0. The molecule has 1 unspecified atom stereocenters. The third-order valence-corrected chi connectivity index (χ3v) is 3.45. The quantitative estimate of drug-likeness (QED) is 0.877. The maximum Gasteiger partial charge on any atom is 0.140 e. The third-order valence-electron chi connectivity index (χ3n) is 3.45. The zero-order valence-electron chi connectivity index (χ0n) is 12.6. The minimum atomic E-state index is -0.377.